The molecule has 0 saturated heterocycles. The molecule has 0 fully saturated rings. The minimum atomic E-state index is -1.29. The van der Waals surface area contributed by atoms with E-state index in [9.17, 15) is 28.6 Å². The predicted molar refractivity (Wildman–Crippen MR) is 67.2 cm³/mol. The maximum atomic E-state index is 12.1. The molecule has 4 nitrogen and oxygen atoms in total. The van der Waals surface area contributed by atoms with Gasteiger partial charge in [-0.2, -0.15) is 0 Å². The Labute approximate surface area is 159 Å². The summed E-state index contributed by atoms with van der Waals surface area (Å²) in [6, 6.07) is 8.93. The summed E-state index contributed by atoms with van der Waals surface area (Å²) in [5.41, 5.74) is -0.0252. The van der Waals surface area contributed by atoms with E-state index >= 15 is 0 Å². The van der Waals surface area contributed by atoms with Gasteiger partial charge in [-0.05, 0) is 35.4 Å². The van der Waals surface area contributed by atoms with E-state index in [2.05, 4.69) is 0 Å². The number of benzene rings is 2. The van der Waals surface area contributed by atoms with Crippen LogP contribution in [0, 0.1) is 11.6 Å². The van der Waals surface area contributed by atoms with Crippen LogP contribution in [0.15, 0.2) is 48.5 Å². The number of hydrogen-bond acceptors (Lipinski definition) is 4. The van der Waals surface area contributed by atoms with E-state index in [1.54, 1.807) is 0 Å². The molecule has 0 aromatic heterocycles. The Hall–Kier alpha value is -1.19. The Morgan fingerprint density at radius 3 is 1.10 bits per heavy atom. The molecular formula is C14H8BaF2O4. The number of carboxylic acids is 2. The van der Waals surface area contributed by atoms with E-state index < -0.39 is 23.6 Å². The van der Waals surface area contributed by atoms with Crippen LogP contribution < -0.4 is 10.2 Å². The van der Waals surface area contributed by atoms with Crippen LogP contribution in [0.4, 0.5) is 8.78 Å². The van der Waals surface area contributed by atoms with Gasteiger partial charge in [0.2, 0.25) is 0 Å². The molecule has 0 amide bonds. The van der Waals surface area contributed by atoms with Crippen molar-refractivity contribution in [3.05, 3.63) is 71.3 Å². The average molecular weight is 416 g/mol. The topological polar surface area (TPSA) is 80.3 Å². The molecule has 0 unspecified atom stereocenters. The number of carboxylic acid groups (broad SMARTS) is 2. The summed E-state index contributed by atoms with van der Waals surface area (Å²) in [7, 11) is 0. The fraction of sp³-hybridized carbons (Fsp3) is 0. The summed E-state index contributed by atoms with van der Waals surface area (Å²) >= 11 is 0. The summed E-state index contributed by atoms with van der Waals surface area (Å²) < 4.78 is 24.3. The van der Waals surface area contributed by atoms with Gasteiger partial charge in [0.05, 0.1) is 11.9 Å². The van der Waals surface area contributed by atoms with Crippen molar-refractivity contribution < 1.29 is 28.6 Å². The fourth-order valence-corrected chi connectivity index (χ4v) is 1.17. The molecule has 2 aromatic rings. The summed E-state index contributed by atoms with van der Waals surface area (Å²) in [5.74, 6) is -3.49. The first-order valence-corrected chi connectivity index (χ1v) is 5.34. The number of rotatable bonds is 2. The molecule has 0 aliphatic carbocycles. The summed E-state index contributed by atoms with van der Waals surface area (Å²) in [4.78, 5) is 20.2. The minimum absolute atomic E-state index is 0. The Balaban J connectivity index is 0.000000364. The average Bonchev–Trinajstić information content (AvgIpc) is 2.40. The van der Waals surface area contributed by atoms with E-state index in [0.717, 1.165) is 48.5 Å². The molecule has 7 heteroatoms. The normalized spacial score (nSPS) is 8.86. The van der Waals surface area contributed by atoms with Crippen molar-refractivity contribution >= 4 is 60.8 Å². The first-order chi connectivity index (χ1) is 9.40. The molecule has 0 atom stereocenters. The summed E-state index contributed by atoms with van der Waals surface area (Å²) in [6.07, 6.45) is 0. The molecule has 0 N–H and O–H groups in total. The Kier molecular flexibility index (Phi) is 9.15. The first-order valence-electron chi connectivity index (χ1n) is 5.34. The van der Waals surface area contributed by atoms with Crippen molar-refractivity contribution in [1.82, 2.24) is 0 Å². The molecule has 104 valence electrons. The van der Waals surface area contributed by atoms with Crippen molar-refractivity contribution in [2.24, 2.45) is 0 Å². The van der Waals surface area contributed by atoms with Crippen LogP contribution in [0.1, 0.15) is 20.7 Å². The van der Waals surface area contributed by atoms with Crippen molar-refractivity contribution in [2.75, 3.05) is 0 Å². The van der Waals surface area contributed by atoms with Crippen LogP contribution >= 0.6 is 0 Å². The molecule has 0 spiro atoms. The van der Waals surface area contributed by atoms with Gasteiger partial charge in [0, 0.05) is 0 Å². The van der Waals surface area contributed by atoms with E-state index in [1.165, 1.54) is 0 Å². The van der Waals surface area contributed by atoms with Crippen molar-refractivity contribution in [3.63, 3.8) is 0 Å². The SMILES string of the molecule is O=C([O-])c1ccc(F)cc1.O=C([O-])c1ccc(F)cc1.[Ba+2]. The molecule has 0 saturated carbocycles. The molecule has 0 heterocycles. The third-order valence-electron chi connectivity index (χ3n) is 2.16. The van der Waals surface area contributed by atoms with Crippen LogP contribution in [-0.4, -0.2) is 60.8 Å². The second-order valence-electron chi connectivity index (χ2n) is 3.59. The Morgan fingerprint density at radius 1 is 0.667 bits per heavy atom. The molecule has 0 aliphatic rings. The summed E-state index contributed by atoms with van der Waals surface area (Å²) in [6.45, 7) is 0. The van der Waals surface area contributed by atoms with Crippen LogP contribution in [0.5, 0.6) is 0 Å². The standard InChI is InChI=1S/2C7H5FO2.Ba/c2*8-6-3-1-5(2-4-6)7(9)10;/h2*1-4H,(H,9,10);/q;;+2/p-2. The third kappa shape index (κ3) is 7.40. The van der Waals surface area contributed by atoms with Crippen molar-refractivity contribution in [3.8, 4) is 0 Å². The minimum Gasteiger partial charge on any atom is -0.545 e. The van der Waals surface area contributed by atoms with Gasteiger partial charge in [0.1, 0.15) is 11.6 Å². The number of halogens is 2. The van der Waals surface area contributed by atoms with Gasteiger partial charge >= 0.3 is 48.9 Å². The smallest absolute Gasteiger partial charge is 0.545 e. The van der Waals surface area contributed by atoms with E-state index in [4.69, 9.17) is 0 Å². The summed E-state index contributed by atoms with van der Waals surface area (Å²) in [5, 5.41) is 20.2. The number of hydrogen-bond donors (Lipinski definition) is 0. The molecule has 0 bridgehead atoms. The Morgan fingerprint density at radius 2 is 0.905 bits per heavy atom. The Bertz CT molecular complexity index is 542. The molecule has 2 aromatic carbocycles. The van der Waals surface area contributed by atoms with Crippen molar-refractivity contribution in [2.45, 2.75) is 0 Å². The van der Waals surface area contributed by atoms with Crippen LogP contribution in [-0.2, 0) is 0 Å². The van der Waals surface area contributed by atoms with Gasteiger partial charge in [-0.15, -0.1) is 0 Å². The van der Waals surface area contributed by atoms with Crippen molar-refractivity contribution in [1.29, 1.82) is 0 Å². The van der Waals surface area contributed by atoms with Gasteiger partial charge in [0.15, 0.2) is 0 Å². The third-order valence-corrected chi connectivity index (χ3v) is 2.16. The number of aromatic carboxylic acids is 2. The van der Waals surface area contributed by atoms with Gasteiger partial charge in [-0.1, -0.05) is 24.3 Å². The fourth-order valence-electron chi connectivity index (χ4n) is 1.17. The molecule has 0 radical (unpaired) electrons. The van der Waals surface area contributed by atoms with Crippen LogP contribution in [0.2, 0.25) is 0 Å². The van der Waals surface area contributed by atoms with Crippen LogP contribution in [0.25, 0.3) is 0 Å². The molecular weight excluding hydrogens is 407 g/mol. The number of carbonyl (C=O) groups is 2. The molecule has 21 heavy (non-hydrogen) atoms. The van der Waals surface area contributed by atoms with Crippen LogP contribution in [0.3, 0.4) is 0 Å². The quantitative estimate of drug-likeness (QED) is 0.647. The zero-order valence-corrected chi connectivity index (χ0v) is 15.2. The van der Waals surface area contributed by atoms with Gasteiger partial charge in [-0.3, -0.25) is 0 Å². The van der Waals surface area contributed by atoms with Gasteiger partial charge < -0.3 is 19.8 Å². The maximum absolute atomic E-state index is 12.1. The maximum Gasteiger partial charge on any atom is 2.00 e. The van der Waals surface area contributed by atoms with E-state index in [0.29, 0.717) is 0 Å². The van der Waals surface area contributed by atoms with Gasteiger partial charge in [0.25, 0.3) is 0 Å². The first kappa shape index (κ1) is 19.8. The number of carbonyl (C=O) groups excluding carboxylic acids is 2. The van der Waals surface area contributed by atoms with Gasteiger partial charge in [-0.25, -0.2) is 8.78 Å². The monoisotopic (exact) mass is 416 g/mol. The second kappa shape index (κ2) is 9.69. The largest absolute Gasteiger partial charge is 2.00 e. The molecule has 2 rings (SSSR count). The zero-order chi connectivity index (χ0) is 15.1. The zero-order valence-electron chi connectivity index (χ0n) is 10.7. The van der Waals surface area contributed by atoms with E-state index in [-0.39, 0.29) is 60.0 Å². The second-order valence-corrected chi connectivity index (χ2v) is 3.59. The molecule has 0 aliphatic heterocycles. The predicted octanol–water partition coefficient (Wildman–Crippen LogP) is -0.00240. The van der Waals surface area contributed by atoms with E-state index in [1.807, 2.05) is 0 Å².